The molecule has 2 aliphatic heterocycles. The highest BCUT2D eigenvalue weighted by Crippen LogP contribution is 2.40. The molecule has 134 valence electrons. The third kappa shape index (κ3) is 3.00. The Kier molecular flexibility index (Phi) is 4.88. The predicted molar refractivity (Wildman–Crippen MR) is 93.7 cm³/mol. The Labute approximate surface area is 152 Å². The Morgan fingerprint density at radius 1 is 1.42 bits per heavy atom. The van der Waals surface area contributed by atoms with Gasteiger partial charge in [-0.1, -0.05) is 35.4 Å². The molecular formula is C16H15N5O4S. The van der Waals surface area contributed by atoms with E-state index in [1.807, 2.05) is 0 Å². The number of rotatable bonds is 5. The van der Waals surface area contributed by atoms with Crippen LogP contribution in [0.15, 0.2) is 46.7 Å². The molecule has 1 aromatic carbocycles. The Bertz CT molecular complexity index is 849. The lowest BCUT2D eigenvalue weighted by Gasteiger charge is -2.49. The number of amides is 2. The number of carbonyl (C=O) groups is 3. The van der Waals surface area contributed by atoms with E-state index < -0.39 is 35.2 Å². The monoisotopic (exact) mass is 373 g/mol. The van der Waals surface area contributed by atoms with E-state index in [4.69, 9.17) is 5.53 Å². The molecule has 10 heteroatoms. The number of azide groups is 1. The molecule has 0 spiro atoms. The number of β-lactam (4-membered cyclic amide) rings is 1. The average molecular weight is 373 g/mol. The summed E-state index contributed by atoms with van der Waals surface area (Å²) in [6, 6.07) is 6.53. The first kappa shape index (κ1) is 17.8. The van der Waals surface area contributed by atoms with Gasteiger partial charge in [-0.2, -0.15) is 0 Å². The molecule has 9 nitrogen and oxygen atoms in total. The van der Waals surface area contributed by atoms with Crippen LogP contribution in [0, 0.1) is 0 Å². The van der Waals surface area contributed by atoms with Crippen molar-refractivity contribution in [2.75, 3.05) is 5.75 Å². The van der Waals surface area contributed by atoms with Crippen molar-refractivity contribution in [3.8, 4) is 0 Å². The summed E-state index contributed by atoms with van der Waals surface area (Å²) in [6.07, 6.45) is 0. The smallest absolute Gasteiger partial charge is 0.352 e. The molecule has 2 heterocycles. The summed E-state index contributed by atoms with van der Waals surface area (Å²) in [4.78, 5) is 40.3. The van der Waals surface area contributed by atoms with Crippen molar-refractivity contribution >= 4 is 29.5 Å². The highest BCUT2D eigenvalue weighted by Gasteiger charge is 2.54. The van der Waals surface area contributed by atoms with Crippen LogP contribution in [0.1, 0.15) is 18.5 Å². The Balaban J connectivity index is 1.78. The van der Waals surface area contributed by atoms with Gasteiger partial charge in [0.05, 0.1) is 0 Å². The second kappa shape index (κ2) is 7.11. The SMILES string of the molecule is CC1=C(C(=O)O)N2C(=O)C(NC(=O)C(N=[N+]=[N-])c3ccccc3)C2SC1. The molecule has 2 N–H and O–H groups in total. The molecule has 0 saturated carbocycles. The molecule has 1 aromatic rings. The third-order valence-electron chi connectivity index (χ3n) is 4.19. The molecule has 1 fully saturated rings. The lowest BCUT2D eigenvalue weighted by molar-refractivity contribution is -0.150. The largest absolute Gasteiger partial charge is 0.477 e. The van der Waals surface area contributed by atoms with Crippen molar-refractivity contribution in [3.63, 3.8) is 0 Å². The maximum absolute atomic E-state index is 12.6. The number of carboxylic acids is 1. The maximum Gasteiger partial charge on any atom is 0.352 e. The van der Waals surface area contributed by atoms with Gasteiger partial charge in [0, 0.05) is 10.7 Å². The molecule has 2 aliphatic rings. The maximum atomic E-state index is 12.6. The van der Waals surface area contributed by atoms with Crippen molar-refractivity contribution in [1.82, 2.24) is 10.2 Å². The van der Waals surface area contributed by atoms with Crippen LogP contribution < -0.4 is 5.32 Å². The number of aliphatic carboxylic acids is 1. The Hall–Kier alpha value is -2.97. The quantitative estimate of drug-likeness (QED) is 0.351. The van der Waals surface area contributed by atoms with Gasteiger partial charge in [-0.3, -0.25) is 14.5 Å². The highest BCUT2D eigenvalue weighted by molar-refractivity contribution is 8.00. The minimum Gasteiger partial charge on any atom is -0.477 e. The molecular weight excluding hydrogens is 358 g/mol. The van der Waals surface area contributed by atoms with E-state index in [1.54, 1.807) is 37.3 Å². The molecule has 3 unspecified atom stereocenters. The third-order valence-corrected chi connectivity index (χ3v) is 5.61. The summed E-state index contributed by atoms with van der Waals surface area (Å²) in [6.45, 7) is 1.67. The summed E-state index contributed by atoms with van der Waals surface area (Å²) in [5.41, 5.74) is 9.82. The molecule has 3 rings (SSSR count). The molecule has 1 saturated heterocycles. The van der Waals surface area contributed by atoms with Gasteiger partial charge in [-0.05, 0) is 23.6 Å². The van der Waals surface area contributed by atoms with E-state index in [0.29, 0.717) is 16.9 Å². The van der Waals surface area contributed by atoms with Gasteiger partial charge in [0.15, 0.2) is 0 Å². The van der Waals surface area contributed by atoms with Crippen LogP contribution in [0.5, 0.6) is 0 Å². The second-order valence-electron chi connectivity index (χ2n) is 5.85. The van der Waals surface area contributed by atoms with E-state index in [-0.39, 0.29) is 5.70 Å². The van der Waals surface area contributed by atoms with Gasteiger partial charge in [-0.15, -0.1) is 11.8 Å². The summed E-state index contributed by atoms with van der Waals surface area (Å²) in [5.74, 6) is -1.79. The van der Waals surface area contributed by atoms with Gasteiger partial charge in [-0.25, -0.2) is 4.79 Å². The first-order chi connectivity index (χ1) is 12.5. The van der Waals surface area contributed by atoms with Gasteiger partial charge >= 0.3 is 5.97 Å². The highest BCUT2D eigenvalue weighted by atomic mass is 32.2. The Morgan fingerprint density at radius 2 is 2.12 bits per heavy atom. The normalized spacial score (nSPS) is 22.7. The molecule has 2 amide bonds. The summed E-state index contributed by atoms with van der Waals surface area (Å²) in [7, 11) is 0. The fraction of sp³-hybridized carbons (Fsp3) is 0.312. The van der Waals surface area contributed by atoms with Crippen LogP contribution in [-0.4, -0.2) is 45.0 Å². The van der Waals surface area contributed by atoms with Crippen molar-refractivity contribution in [1.29, 1.82) is 0 Å². The predicted octanol–water partition coefficient (Wildman–Crippen LogP) is 1.80. The van der Waals surface area contributed by atoms with E-state index in [9.17, 15) is 19.5 Å². The first-order valence-corrected chi connectivity index (χ1v) is 8.77. The fourth-order valence-corrected chi connectivity index (χ4v) is 4.26. The standard InChI is InChI=1S/C16H15N5O4S/c1-8-7-26-15-11(14(23)21(15)12(8)16(24)25)18-13(22)10(19-20-17)9-5-3-2-4-6-9/h2-6,10-11,15H,7H2,1H3,(H,18,22)(H,24,25). The number of benzene rings is 1. The topological polar surface area (TPSA) is 135 Å². The van der Waals surface area contributed by atoms with Crippen molar-refractivity contribution in [3.05, 3.63) is 57.6 Å². The first-order valence-electron chi connectivity index (χ1n) is 7.73. The molecule has 26 heavy (non-hydrogen) atoms. The summed E-state index contributed by atoms with van der Waals surface area (Å²) >= 11 is 1.38. The van der Waals surface area contributed by atoms with E-state index >= 15 is 0 Å². The summed E-state index contributed by atoms with van der Waals surface area (Å²) in [5, 5.41) is 15.0. The van der Waals surface area contributed by atoms with Crippen LogP contribution in [0.3, 0.4) is 0 Å². The fourth-order valence-electron chi connectivity index (χ4n) is 2.96. The number of fused-ring (bicyclic) bond motifs is 1. The van der Waals surface area contributed by atoms with Crippen molar-refractivity contribution in [2.45, 2.75) is 24.4 Å². The van der Waals surface area contributed by atoms with Crippen LogP contribution in [0.25, 0.3) is 10.4 Å². The van der Waals surface area contributed by atoms with Gasteiger partial charge in [0.1, 0.15) is 23.2 Å². The molecule has 3 atom stereocenters. The Morgan fingerprint density at radius 3 is 2.73 bits per heavy atom. The van der Waals surface area contributed by atoms with Crippen LogP contribution in [0.2, 0.25) is 0 Å². The number of carbonyl (C=O) groups excluding carboxylic acids is 2. The van der Waals surface area contributed by atoms with Crippen LogP contribution in [-0.2, 0) is 14.4 Å². The molecule has 0 bridgehead atoms. The second-order valence-corrected chi connectivity index (χ2v) is 6.95. The minimum atomic E-state index is -1.16. The number of carboxylic acid groups (broad SMARTS) is 1. The number of hydrogen-bond acceptors (Lipinski definition) is 5. The molecule has 0 radical (unpaired) electrons. The van der Waals surface area contributed by atoms with Crippen LogP contribution >= 0.6 is 11.8 Å². The zero-order chi connectivity index (χ0) is 18.8. The number of hydrogen-bond donors (Lipinski definition) is 2. The van der Waals surface area contributed by atoms with E-state index in [0.717, 1.165) is 0 Å². The molecule has 0 aromatic heterocycles. The van der Waals surface area contributed by atoms with Gasteiger partial charge < -0.3 is 10.4 Å². The van der Waals surface area contributed by atoms with E-state index in [1.165, 1.54) is 16.7 Å². The number of thioether (sulfide) groups is 1. The van der Waals surface area contributed by atoms with Gasteiger partial charge in [0.25, 0.3) is 5.91 Å². The average Bonchev–Trinajstić information content (AvgIpc) is 2.64. The zero-order valence-corrected chi connectivity index (χ0v) is 14.5. The van der Waals surface area contributed by atoms with Crippen LogP contribution in [0.4, 0.5) is 0 Å². The number of nitrogens with one attached hydrogen (secondary N) is 1. The summed E-state index contributed by atoms with van der Waals surface area (Å²) < 4.78 is 0. The van der Waals surface area contributed by atoms with E-state index in [2.05, 4.69) is 15.3 Å². The van der Waals surface area contributed by atoms with Crippen molar-refractivity contribution in [2.24, 2.45) is 5.11 Å². The zero-order valence-electron chi connectivity index (χ0n) is 13.7. The van der Waals surface area contributed by atoms with Crippen molar-refractivity contribution < 1.29 is 19.5 Å². The lowest BCUT2D eigenvalue weighted by Crippen LogP contribution is -2.70. The molecule has 0 aliphatic carbocycles. The number of nitrogens with zero attached hydrogens (tertiary/aromatic N) is 4. The lowest BCUT2D eigenvalue weighted by atomic mass is 10.0. The van der Waals surface area contributed by atoms with Gasteiger partial charge in [0.2, 0.25) is 5.91 Å². The minimum absolute atomic E-state index is 0.0288.